The van der Waals surface area contributed by atoms with Gasteiger partial charge in [-0.3, -0.25) is 14.3 Å². The molecule has 2 heterocycles. The van der Waals surface area contributed by atoms with E-state index in [2.05, 4.69) is 10.4 Å². The summed E-state index contributed by atoms with van der Waals surface area (Å²) in [6.45, 7) is -0.770. The Hall–Kier alpha value is -3.07. The highest BCUT2D eigenvalue weighted by Gasteiger charge is 2.38. The van der Waals surface area contributed by atoms with Crippen LogP contribution in [0.5, 0.6) is 0 Å². The molecule has 2 amide bonds. The fraction of sp³-hybridized carbons (Fsp3) is 0.560. The van der Waals surface area contributed by atoms with Crippen LogP contribution in [0.3, 0.4) is 0 Å². The predicted molar refractivity (Wildman–Crippen MR) is 135 cm³/mol. The molecule has 2 aliphatic rings. The van der Waals surface area contributed by atoms with Crippen molar-refractivity contribution >= 4 is 21.8 Å². The first-order chi connectivity index (χ1) is 18.6. The van der Waals surface area contributed by atoms with Crippen molar-refractivity contribution in [1.29, 1.82) is 0 Å². The van der Waals surface area contributed by atoms with Crippen molar-refractivity contribution in [2.75, 3.05) is 18.8 Å². The highest BCUT2D eigenvalue weighted by atomic mass is 32.2. The zero-order chi connectivity index (χ0) is 29.3. The second kappa shape index (κ2) is 11.4. The number of rotatable bonds is 8. The van der Waals surface area contributed by atoms with Crippen LogP contribution in [0.4, 0.5) is 22.0 Å². The van der Waals surface area contributed by atoms with Gasteiger partial charge in [0.15, 0.2) is 5.69 Å². The maximum absolute atomic E-state index is 13.8. The highest BCUT2D eigenvalue weighted by Crippen LogP contribution is 2.40. The third-order valence-electron chi connectivity index (χ3n) is 7.08. The van der Waals surface area contributed by atoms with Gasteiger partial charge in [0.1, 0.15) is 0 Å². The maximum Gasteiger partial charge on any atom is 0.417 e. The largest absolute Gasteiger partial charge is 0.417 e. The van der Waals surface area contributed by atoms with Crippen LogP contribution in [0, 0.1) is 0 Å². The van der Waals surface area contributed by atoms with Gasteiger partial charge in [-0.2, -0.15) is 18.3 Å². The average Bonchev–Trinajstić information content (AvgIpc) is 3.52. The topological polar surface area (TPSA) is 127 Å². The van der Waals surface area contributed by atoms with Gasteiger partial charge in [0.05, 0.1) is 35.6 Å². The molecule has 1 aliphatic heterocycles. The van der Waals surface area contributed by atoms with Crippen LogP contribution < -0.4 is 10.5 Å². The first kappa shape index (κ1) is 29.9. The summed E-state index contributed by atoms with van der Waals surface area (Å²) in [5.41, 5.74) is -1.29. The number of hydrogen-bond donors (Lipinski definition) is 2. The molecular weight excluding hydrogens is 561 g/mol. The van der Waals surface area contributed by atoms with Gasteiger partial charge in [-0.05, 0) is 31.4 Å². The van der Waals surface area contributed by atoms with Crippen molar-refractivity contribution in [3.05, 3.63) is 41.6 Å². The van der Waals surface area contributed by atoms with Crippen molar-refractivity contribution in [2.24, 2.45) is 5.14 Å². The maximum atomic E-state index is 13.8. The lowest BCUT2D eigenvalue weighted by atomic mass is 10.0. The second-order valence-electron chi connectivity index (χ2n) is 10.3. The molecule has 1 saturated carbocycles. The number of alkyl halides is 5. The summed E-state index contributed by atoms with van der Waals surface area (Å²) >= 11 is 0. The number of benzene rings is 1. The number of nitrogens with two attached hydrogens (primary N) is 1. The van der Waals surface area contributed by atoms with E-state index >= 15 is 0 Å². The molecule has 220 valence electrons. The van der Waals surface area contributed by atoms with Crippen LogP contribution in [0.15, 0.2) is 30.3 Å². The van der Waals surface area contributed by atoms with Crippen LogP contribution in [0.1, 0.15) is 67.0 Å². The predicted octanol–water partition coefficient (Wildman–Crippen LogP) is 3.72. The molecule has 1 aromatic heterocycles. The van der Waals surface area contributed by atoms with Crippen LogP contribution in [-0.4, -0.2) is 65.7 Å². The van der Waals surface area contributed by atoms with Crippen LogP contribution in [0.25, 0.3) is 11.3 Å². The summed E-state index contributed by atoms with van der Waals surface area (Å²) in [6.07, 6.45) is -2.65. The SMILES string of the molecule is NS(=O)(=O)C[C@H](CC(=O)N1CCCC(F)(F)C1)NC(=O)c1cc(-c2ccccc2C(F)(F)F)n(C2CCCC2)n1. The Labute approximate surface area is 227 Å². The van der Waals surface area contributed by atoms with E-state index in [1.807, 2.05) is 0 Å². The Balaban J connectivity index is 1.62. The molecule has 40 heavy (non-hydrogen) atoms. The molecule has 9 nitrogen and oxygen atoms in total. The van der Waals surface area contributed by atoms with Gasteiger partial charge in [0.25, 0.3) is 11.8 Å². The number of carbonyl (C=O) groups excluding carboxylic acids is 2. The van der Waals surface area contributed by atoms with Crippen molar-refractivity contribution in [2.45, 2.75) is 69.1 Å². The number of sulfonamides is 1. The highest BCUT2D eigenvalue weighted by molar-refractivity contribution is 7.89. The Morgan fingerprint density at radius 3 is 2.45 bits per heavy atom. The molecule has 1 aromatic carbocycles. The summed E-state index contributed by atoms with van der Waals surface area (Å²) in [5.74, 6) is -5.66. The van der Waals surface area contributed by atoms with Gasteiger partial charge < -0.3 is 10.2 Å². The fourth-order valence-corrected chi connectivity index (χ4v) is 6.06. The third kappa shape index (κ3) is 7.36. The van der Waals surface area contributed by atoms with Crippen LogP contribution in [-0.2, 0) is 21.0 Å². The summed E-state index contributed by atoms with van der Waals surface area (Å²) in [4.78, 5) is 26.8. The molecular formula is C25H30F5N5O4S. The van der Waals surface area contributed by atoms with E-state index in [0.717, 1.165) is 23.8 Å². The molecule has 0 unspecified atom stereocenters. The number of piperidine rings is 1. The monoisotopic (exact) mass is 591 g/mol. The lowest BCUT2D eigenvalue weighted by Gasteiger charge is -2.33. The molecule has 1 atom stereocenters. The minimum Gasteiger partial charge on any atom is -0.346 e. The molecule has 0 bridgehead atoms. The molecule has 15 heteroatoms. The van der Waals surface area contributed by atoms with Crippen LogP contribution >= 0.6 is 0 Å². The molecule has 3 N–H and O–H groups in total. The smallest absolute Gasteiger partial charge is 0.346 e. The van der Waals surface area contributed by atoms with Crippen LogP contribution in [0.2, 0.25) is 0 Å². The molecule has 2 fully saturated rings. The van der Waals surface area contributed by atoms with E-state index in [1.165, 1.54) is 28.9 Å². The molecule has 1 aliphatic carbocycles. The number of nitrogens with zero attached hydrogens (tertiary/aromatic N) is 3. The molecule has 2 aromatic rings. The zero-order valence-corrected chi connectivity index (χ0v) is 22.3. The van der Waals surface area contributed by atoms with Crippen molar-refractivity contribution in [3.8, 4) is 11.3 Å². The van der Waals surface area contributed by atoms with E-state index < -0.39 is 64.3 Å². The van der Waals surface area contributed by atoms with Crippen molar-refractivity contribution < 1.29 is 40.0 Å². The Morgan fingerprint density at radius 2 is 1.82 bits per heavy atom. The Bertz CT molecular complexity index is 1360. The minimum absolute atomic E-state index is 0.0538. The molecule has 0 spiro atoms. The number of amides is 2. The third-order valence-corrected chi connectivity index (χ3v) is 7.95. The molecule has 4 rings (SSSR count). The van der Waals surface area contributed by atoms with E-state index in [4.69, 9.17) is 5.14 Å². The number of primary sulfonamides is 1. The normalized spacial score (nSPS) is 19.0. The quantitative estimate of drug-likeness (QED) is 0.453. The van der Waals surface area contributed by atoms with Crippen molar-refractivity contribution in [1.82, 2.24) is 20.0 Å². The van der Waals surface area contributed by atoms with Gasteiger partial charge in [0.2, 0.25) is 15.9 Å². The first-order valence-corrected chi connectivity index (χ1v) is 14.6. The fourth-order valence-electron chi connectivity index (χ4n) is 5.30. The van der Waals surface area contributed by atoms with E-state index in [-0.39, 0.29) is 42.4 Å². The molecule has 0 radical (unpaired) electrons. The van der Waals surface area contributed by atoms with E-state index in [1.54, 1.807) is 0 Å². The zero-order valence-electron chi connectivity index (χ0n) is 21.5. The number of aromatic nitrogens is 2. The number of likely N-dealkylation sites (tertiary alicyclic amines) is 1. The summed E-state index contributed by atoms with van der Waals surface area (Å²) < 4.78 is 94.1. The van der Waals surface area contributed by atoms with Gasteiger partial charge in [-0.25, -0.2) is 22.3 Å². The van der Waals surface area contributed by atoms with Gasteiger partial charge in [0, 0.05) is 24.9 Å². The lowest BCUT2D eigenvalue weighted by Crippen LogP contribution is -2.49. The summed E-state index contributed by atoms with van der Waals surface area (Å²) in [7, 11) is -4.22. The minimum atomic E-state index is -4.67. The number of carbonyl (C=O) groups is 2. The van der Waals surface area contributed by atoms with Crippen molar-refractivity contribution in [3.63, 3.8) is 0 Å². The number of nitrogens with one attached hydrogen (secondary N) is 1. The summed E-state index contributed by atoms with van der Waals surface area (Å²) in [5, 5.41) is 11.8. The molecule has 1 saturated heterocycles. The van der Waals surface area contributed by atoms with Gasteiger partial charge in [-0.1, -0.05) is 31.0 Å². The van der Waals surface area contributed by atoms with E-state index in [9.17, 15) is 40.0 Å². The summed E-state index contributed by atoms with van der Waals surface area (Å²) in [6, 6.07) is 4.47. The van der Waals surface area contributed by atoms with Gasteiger partial charge >= 0.3 is 6.18 Å². The Kier molecular flexibility index (Phi) is 8.54. The number of hydrogen-bond acceptors (Lipinski definition) is 5. The number of halogens is 5. The standard InChI is InChI=1S/C25H30F5N5O4S/c26-24(27)10-5-11-34(15-24)22(36)12-16(14-40(31,38)39)32-23(37)20-13-21(35(33-20)17-6-1-2-7-17)18-8-3-4-9-19(18)25(28,29)30/h3-4,8-9,13,16-17H,1-2,5-7,10-12,14-15H2,(H,32,37)(H2,31,38,39)/t16-/m0/s1. The average molecular weight is 592 g/mol. The first-order valence-electron chi connectivity index (χ1n) is 12.9. The second-order valence-corrected chi connectivity index (χ2v) is 12.0. The van der Waals surface area contributed by atoms with Gasteiger partial charge in [-0.15, -0.1) is 0 Å². The Morgan fingerprint density at radius 1 is 1.15 bits per heavy atom. The lowest BCUT2D eigenvalue weighted by molar-refractivity contribution is -0.142. The van der Waals surface area contributed by atoms with E-state index in [0.29, 0.717) is 12.8 Å².